The fraction of sp³-hybridized carbons (Fsp3) is 0.870. The molecular formula is C23H45N3. The Labute approximate surface area is 163 Å². The summed E-state index contributed by atoms with van der Waals surface area (Å²) < 4.78 is 0. The van der Waals surface area contributed by atoms with E-state index < -0.39 is 0 Å². The van der Waals surface area contributed by atoms with Gasteiger partial charge < -0.3 is 5.73 Å². The van der Waals surface area contributed by atoms with Crippen molar-refractivity contribution >= 4 is 6.21 Å². The maximum absolute atomic E-state index is 5.65. The van der Waals surface area contributed by atoms with Crippen molar-refractivity contribution in [2.45, 2.75) is 109 Å². The van der Waals surface area contributed by atoms with Crippen LogP contribution in [0, 0.1) is 0 Å². The molecule has 1 rings (SSSR count). The third-order valence-corrected chi connectivity index (χ3v) is 5.41. The number of hydrogen-bond acceptors (Lipinski definition) is 3. The smallest absolute Gasteiger partial charge is 0.102 e. The maximum Gasteiger partial charge on any atom is 0.102 e. The quantitative estimate of drug-likeness (QED) is 0.237. The van der Waals surface area contributed by atoms with Crippen LogP contribution in [0.25, 0.3) is 0 Å². The molecule has 0 saturated heterocycles. The van der Waals surface area contributed by atoms with Crippen molar-refractivity contribution in [1.82, 2.24) is 4.90 Å². The highest BCUT2D eigenvalue weighted by molar-refractivity contribution is 5.62. The van der Waals surface area contributed by atoms with Crippen molar-refractivity contribution in [2.24, 2.45) is 10.7 Å². The molecule has 2 N–H and O–H groups in total. The predicted octanol–water partition coefficient (Wildman–Crippen LogP) is 6.09. The van der Waals surface area contributed by atoms with E-state index in [0.717, 1.165) is 19.6 Å². The lowest BCUT2D eigenvalue weighted by molar-refractivity contribution is 0.243. The third-order valence-electron chi connectivity index (χ3n) is 5.41. The molecule has 3 nitrogen and oxygen atoms in total. The Kier molecular flexibility index (Phi) is 15.9. The summed E-state index contributed by atoms with van der Waals surface area (Å²) in [6, 6.07) is 0. The first-order valence-corrected chi connectivity index (χ1v) is 11.5. The van der Waals surface area contributed by atoms with Crippen LogP contribution < -0.4 is 5.73 Å². The van der Waals surface area contributed by atoms with Gasteiger partial charge in [-0.05, 0) is 32.1 Å². The summed E-state index contributed by atoms with van der Waals surface area (Å²) in [7, 11) is 0. The van der Waals surface area contributed by atoms with Gasteiger partial charge >= 0.3 is 0 Å². The van der Waals surface area contributed by atoms with E-state index in [4.69, 9.17) is 5.73 Å². The van der Waals surface area contributed by atoms with Crippen LogP contribution in [0.2, 0.25) is 0 Å². The van der Waals surface area contributed by atoms with E-state index in [1.54, 1.807) is 0 Å². The SMILES string of the molecule is CCCCCCCCCCCCC/C=C/CCCC1N=CCN1CCN. The van der Waals surface area contributed by atoms with Crippen LogP contribution in [-0.2, 0) is 0 Å². The highest BCUT2D eigenvalue weighted by Gasteiger charge is 2.18. The van der Waals surface area contributed by atoms with Gasteiger partial charge in [0.05, 0.1) is 0 Å². The average molecular weight is 364 g/mol. The second-order valence-electron chi connectivity index (χ2n) is 7.82. The largest absolute Gasteiger partial charge is 0.329 e. The fourth-order valence-electron chi connectivity index (χ4n) is 3.73. The van der Waals surface area contributed by atoms with Crippen LogP contribution in [0.4, 0.5) is 0 Å². The standard InChI is InChI=1S/C23H45N3/c1-2-3-4-5-6-7-8-9-10-11-12-13-14-15-16-17-18-23-25-20-22-26(23)21-19-24/h14-15,20,23H,2-13,16-19,21-22,24H2,1H3/b15-14+. The third kappa shape index (κ3) is 12.6. The lowest BCUT2D eigenvalue weighted by Crippen LogP contribution is -2.34. The normalized spacial score (nSPS) is 17.7. The van der Waals surface area contributed by atoms with Gasteiger partial charge in [0.25, 0.3) is 0 Å². The van der Waals surface area contributed by atoms with Gasteiger partial charge in [-0.15, -0.1) is 0 Å². The molecule has 1 aliphatic rings. The number of hydrogen-bond donors (Lipinski definition) is 1. The number of unbranched alkanes of at least 4 members (excludes halogenated alkanes) is 12. The highest BCUT2D eigenvalue weighted by Crippen LogP contribution is 2.14. The minimum atomic E-state index is 0.388. The molecule has 3 heteroatoms. The summed E-state index contributed by atoms with van der Waals surface area (Å²) in [5, 5.41) is 0. The lowest BCUT2D eigenvalue weighted by Gasteiger charge is -2.21. The van der Waals surface area contributed by atoms with Gasteiger partial charge in [0.2, 0.25) is 0 Å². The van der Waals surface area contributed by atoms with Crippen molar-refractivity contribution in [3.05, 3.63) is 12.2 Å². The first kappa shape index (κ1) is 23.4. The van der Waals surface area contributed by atoms with Gasteiger partial charge in [-0.25, -0.2) is 0 Å². The van der Waals surface area contributed by atoms with Crippen LogP contribution in [0.3, 0.4) is 0 Å². The summed E-state index contributed by atoms with van der Waals surface area (Å²) in [4.78, 5) is 6.95. The molecule has 1 atom stereocenters. The Hall–Kier alpha value is -0.670. The maximum atomic E-state index is 5.65. The van der Waals surface area contributed by atoms with Gasteiger partial charge in [0.1, 0.15) is 6.17 Å². The number of allylic oxidation sites excluding steroid dienone is 2. The van der Waals surface area contributed by atoms with E-state index in [2.05, 4.69) is 29.0 Å². The molecule has 0 saturated carbocycles. The van der Waals surface area contributed by atoms with E-state index in [1.807, 2.05) is 6.21 Å². The van der Waals surface area contributed by atoms with E-state index in [9.17, 15) is 0 Å². The lowest BCUT2D eigenvalue weighted by atomic mass is 10.1. The molecule has 0 radical (unpaired) electrons. The van der Waals surface area contributed by atoms with Crippen molar-refractivity contribution in [3.8, 4) is 0 Å². The van der Waals surface area contributed by atoms with Gasteiger partial charge in [0.15, 0.2) is 0 Å². The van der Waals surface area contributed by atoms with Crippen molar-refractivity contribution in [3.63, 3.8) is 0 Å². The van der Waals surface area contributed by atoms with Crippen LogP contribution in [0.15, 0.2) is 17.1 Å². The average Bonchev–Trinajstić information content (AvgIpc) is 3.09. The Morgan fingerprint density at radius 3 is 2.08 bits per heavy atom. The number of aliphatic imine (C=N–C) groups is 1. The van der Waals surface area contributed by atoms with Crippen LogP contribution >= 0.6 is 0 Å². The van der Waals surface area contributed by atoms with Crippen LogP contribution in [-0.4, -0.2) is 36.9 Å². The zero-order chi connectivity index (χ0) is 18.7. The summed E-state index contributed by atoms with van der Waals surface area (Å²) in [6.07, 6.45) is 27.8. The van der Waals surface area contributed by atoms with Gasteiger partial charge in [0, 0.05) is 25.8 Å². The number of nitrogens with two attached hydrogens (primary N) is 1. The van der Waals surface area contributed by atoms with E-state index in [1.165, 1.54) is 96.3 Å². The summed E-state index contributed by atoms with van der Waals surface area (Å²) in [6.45, 7) is 4.98. The summed E-state index contributed by atoms with van der Waals surface area (Å²) in [5.74, 6) is 0. The molecule has 0 bridgehead atoms. The molecule has 26 heavy (non-hydrogen) atoms. The van der Waals surface area contributed by atoms with Crippen molar-refractivity contribution in [2.75, 3.05) is 19.6 Å². The molecule has 152 valence electrons. The molecule has 1 unspecified atom stereocenters. The summed E-state index contributed by atoms with van der Waals surface area (Å²) >= 11 is 0. The topological polar surface area (TPSA) is 41.6 Å². The molecule has 1 heterocycles. The zero-order valence-corrected chi connectivity index (χ0v) is 17.5. The van der Waals surface area contributed by atoms with E-state index in [-0.39, 0.29) is 0 Å². The Bertz CT molecular complexity index is 351. The van der Waals surface area contributed by atoms with Gasteiger partial charge in [-0.1, -0.05) is 83.3 Å². The molecule has 0 spiro atoms. The van der Waals surface area contributed by atoms with E-state index >= 15 is 0 Å². The summed E-state index contributed by atoms with van der Waals surface area (Å²) in [5.41, 5.74) is 5.65. The first-order valence-electron chi connectivity index (χ1n) is 11.5. The molecule has 0 amide bonds. The minimum absolute atomic E-state index is 0.388. The highest BCUT2D eigenvalue weighted by atomic mass is 15.3. The Morgan fingerprint density at radius 2 is 1.46 bits per heavy atom. The number of nitrogens with zero attached hydrogens (tertiary/aromatic N) is 2. The minimum Gasteiger partial charge on any atom is -0.329 e. The van der Waals surface area contributed by atoms with Crippen LogP contribution in [0.1, 0.15) is 103 Å². The molecule has 1 aliphatic heterocycles. The van der Waals surface area contributed by atoms with Gasteiger partial charge in [-0.3, -0.25) is 9.89 Å². The van der Waals surface area contributed by atoms with Gasteiger partial charge in [-0.2, -0.15) is 0 Å². The second-order valence-corrected chi connectivity index (χ2v) is 7.82. The first-order chi connectivity index (χ1) is 12.9. The van der Waals surface area contributed by atoms with Crippen molar-refractivity contribution < 1.29 is 0 Å². The molecule has 0 aromatic carbocycles. The van der Waals surface area contributed by atoms with Crippen molar-refractivity contribution in [1.29, 1.82) is 0 Å². The molecule has 0 aromatic rings. The number of rotatable bonds is 18. The Morgan fingerprint density at radius 1 is 0.885 bits per heavy atom. The molecule has 0 aliphatic carbocycles. The second kappa shape index (κ2) is 17.7. The predicted molar refractivity (Wildman–Crippen MR) is 117 cm³/mol. The fourth-order valence-corrected chi connectivity index (χ4v) is 3.73. The van der Waals surface area contributed by atoms with E-state index in [0.29, 0.717) is 6.17 Å². The molecule has 0 fully saturated rings. The monoisotopic (exact) mass is 363 g/mol. The zero-order valence-electron chi connectivity index (χ0n) is 17.5. The Balaban J connectivity index is 1.80. The molecule has 0 aromatic heterocycles. The molecular weight excluding hydrogens is 318 g/mol. The van der Waals surface area contributed by atoms with Crippen LogP contribution in [0.5, 0.6) is 0 Å².